The van der Waals surface area contributed by atoms with Gasteiger partial charge >= 0.3 is 5.63 Å². The molecule has 0 spiro atoms. The van der Waals surface area contributed by atoms with Crippen molar-refractivity contribution in [3.8, 4) is 5.75 Å². The van der Waals surface area contributed by atoms with E-state index < -0.39 is 6.29 Å². The molecule has 2 atom stereocenters. The molecule has 0 aliphatic carbocycles. The van der Waals surface area contributed by atoms with Gasteiger partial charge in [-0.1, -0.05) is 60.7 Å². The molecule has 0 radical (unpaired) electrons. The molecule has 0 saturated heterocycles. The molecule has 0 bridgehead atoms. The minimum absolute atomic E-state index is 0.216. The Balaban J connectivity index is 1.72. The maximum absolute atomic E-state index is 13.3. The van der Waals surface area contributed by atoms with E-state index in [-0.39, 0.29) is 11.5 Å². The predicted octanol–water partition coefficient (Wildman–Crippen LogP) is 6.38. The van der Waals surface area contributed by atoms with Gasteiger partial charge in [-0.05, 0) is 52.2 Å². The average Bonchev–Trinajstić information content (AvgIpc) is 2.82. The minimum Gasteiger partial charge on any atom is -0.464 e. The van der Waals surface area contributed by atoms with Crippen LogP contribution in [0.3, 0.4) is 0 Å². The van der Waals surface area contributed by atoms with E-state index in [0.717, 1.165) is 32.5 Å². The molecule has 4 heteroatoms. The molecule has 1 aromatic heterocycles. The van der Waals surface area contributed by atoms with Crippen LogP contribution in [-0.2, 0) is 4.74 Å². The van der Waals surface area contributed by atoms with Crippen LogP contribution >= 0.6 is 0 Å². The monoisotopic (exact) mass is 422 g/mol. The first-order chi connectivity index (χ1) is 15.7. The third-order valence-corrected chi connectivity index (χ3v) is 6.34. The quantitative estimate of drug-likeness (QED) is 0.250. The lowest BCUT2D eigenvalue weighted by molar-refractivity contribution is -0.0888. The van der Waals surface area contributed by atoms with Crippen molar-refractivity contribution in [3.63, 3.8) is 0 Å². The summed E-state index contributed by atoms with van der Waals surface area (Å²) in [6.45, 7) is 2.49. The highest BCUT2D eigenvalue weighted by molar-refractivity contribution is 6.03. The standard InChI is InChI=1S/C28H22O4/c1-2-30-24-16-22(26-27(32-24)21-13-7-8-14-23(21)31-28(26)29)25-19-11-5-3-9-17(19)15-18-10-4-6-12-20(18)25/h3-15,22,24H,2,16H2,1H3/t22-,24-/m0/s1. The second-order valence-corrected chi connectivity index (χ2v) is 8.15. The maximum Gasteiger partial charge on any atom is 0.343 e. The first-order valence-electron chi connectivity index (χ1n) is 11.0. The van der Waals surface area contributed by atoms with Gasteiger partial charge in [-0.25, -0.2) is 4.79 Å². The average molecular weight is 422 g/mol. The summed E-state index contributed by atoms with van der Waals surface area (Å²) in [5.41, 5.74) is 1.86. The van der Waals surface area contributed by atoms with Crippen LogP contribution in [0.4, 0.5) is 0 Å². The van der Waals surface area contributed by atoms with Crippen molar-refractivity contribution in [2.75, 3.05) is 6.61 Å². The normalized spacial score (nSPS) is 18.0. The Morgan fingerprint density at radius 2 is 1.47 bits per heavy atom. The summed E-state index contributed by atoms with van der Waals surface area (Å²) in [4.78, 5) is 13.3. The molecule has 0 unspecified atom stereocenters. The lowest BCUT2D eigenvalue weighted by atomic mass is 9.81. The summed E-state index contributed by atoms with van der Waals surface area (Å²) in [5.74, 6) is 0.357. The fourth-order valence-corrected chi connectivity index (χ4v) is 5.03. The summed E-state index contributed by atoms with van der Waals surface area (Å²) >= 11 is 0. The summed E-state index contributed by atoms with van der Waals surface area (Å²) in [5, 5.41) is 5.35. The van der Waals surface area contributed by atoms with Crippen LogP contribution in [0.5, 0.6) is 5.75 Å². The number of fused-ring (bicyclic) bond motifs is 5. The van der Waals surface area contributed by atoms with Crippen LogP contribution < -0.4 is 10.4 Å². The lowest BCUT2D eigenvalue weighted by Gasteiger charge is -2.33. The Labute approximate surface area is 185 Å². The number of para-hydroxylation sites is 1. The van der Waals surface area contributed by atoms with Crippen molar-refractivity contribution >= 4 is 32.5 Å². The molecule has 6 rings (SSSR count). The predicted molar refractivity (Wildman–Crippen MR) is 126 cm³/mol. The van der Waals surface area contributed by atoms with Gasteiger partial charge in [0.15, 0.2) is 0 Å². The van der Waals surface area contributed by atoms with Crippen LogP contribution in [0, 0.1) is 0 Å². The summed E-state index contributed by atoms with van der Waals surface area (Å²) in [7, 11) is 0. The second kappa shape index (κ2) is 7.50. The zero-order valence-electron chi connectivity index (χ0n) is 17.7. The molecule has 1 aliphatic heterocycles. The molecule has 5 aromatic rings. The van der Waals surface area contributed by atoms with Crippen molar-refractivity contribution < 1.29 is 13.9 Å². The molecule has 0 amide bonds. The zero-order chi connectivity index (χ0) is 21.7. The highest BCUT2D eigenvalue weighted by atomic mass is 16.7. The first kappa shape index (κ1) is 19.1. The van der Waals surface area contributed by atoms with Gasteiger partial charge in [0.2, 0.25) is 6.29 Å². The van der Waals surface area contributed by atoms with Gasteiger partial charge in [0.1, 0.15) is 11.3 Å². The molecule has 4 aromatic carbocycles. The van der Waals surface area contributed by atoms with Gasteiger partial charge in [-0.3, -0.25) is 0 Å². The third kappa shape index (κ3) is 2.91. The highest BCUT2D eigenvalue weighted by Gasteiger charge is 2.36. The molecule has 0 saturated carbocycles. The molecule has 2 heterocycles. The van der Waals surface area contributed by atoms with E-state index in [1.165, 1.54) is 0 Å². The van der Waals surface area contributed by atoms with Crippen molar-refractivity contribution in [1.29, 1.82) is 0 Å². The number of benzene rings is 4. The van der Waals surface area contributed by atoms with Crippen molar-refractivity contribution in [2.24, 2.45) is 0 Å². The number of rotatable bonds is 3. The van der Waals surface area contributed by atoms with E-state index in [1.807, 2.05) is 49.4 Å². The number of hydrogen-bond donors (Lipinski definition) is 0. The van der Waals surface area contributed by atoms with Crippen molar-refractivity contribution in [1.82, 2.24) is 0 Å². The number of ether oxygens (including phenoxy) is 2. The van der Waals surface area contributed by atoms with E-state index >= 15 is 0 Å². The van der Waals surface area contributed by atoms with Crippen molar-refractivity contribution in [2.45, 2.75) is 25.6 Å². The van der Waals surface area contributed by atoms with E-state index in [1.54, 1.807) is 6.07 Å². The van der Waals surface area contributed by atoms with Crippen LogP contribution in [-0.4, -0.2) is 12.9 Å². The molecule has 158 valence electrons. The van der Waals surface area contributed by atoms with E-state index in [2.05, 4.69) is 30.3 Å². The van der Waals surface area contributed by atoms with Gasteiger partial charge in [-0.2, -0.15) is 0 Å². The molecule has 32 heavy (non-hydrogen) atoms. The second-order valence-electron chi connectivity index (χ2n) is 8.15. The van der Waals surface area contributed by atoms with Crippen LogP contribution in [0.2, 0.25) is 0 Å². The van der Waals surface area contributed by atoms with Crippen LogP contribution in [0.25, 0.3) is 32.5 Å². The summed E-state index contributed by atoms with van der Waals surface area (Å²) < 4.78 is 18.0. The van der Waals surface area contributed by atoms with Crippen LogP contribution in [0.15, 0.2) is 88.1 Å². The largest absolute Gasteiger partial charge is 0.464 e. The Bertz CT molecular complexity index is 1480. The van der Waals surface area contributed by atoms with Gasteiger partial charge in [-0.15, -0.1) is 0 Å². The van der Waals surface area contributed by atoms with E-state index in [4.69, 9.17) is 13.9 Å². The topological polar surface area (TPSA) is 48.7 Å². The molecular weight excluding hydrogens is 400 g/mol. The molecule has 4 nitrogen and oxygen atoms in total. The fraction of sp³-hybridized carbons (Fsp3) is 0.179. The Kier molecular flexibility index (Phi) is 4.47. The molecule has 0 N–H and O–H groups in total. The Hall–Kier alpha value is -3.63. The van der Waals surface area contributed by atoms with Gasteiger partial charge in [0.05, 0.1) is 10.9 Å². The summed E-state index contributed by atoms with van der Waals surface area (Å²) in [6.07, 6.45) is 0.0996. The Morgan fingerprint density at radius 1 is 0.844 bits per heavy atom. The fourth-order valence-electron chi connectivity index (χ4n) is 5.03. The molecule has 0 fully saturated rings. The molecule has 1 aliphatic rings. The van der Waals surface area contributed by atoms with E-state index in [0.29, 0.717) is 29.9 Å². The molecular formula is C28H22O4. The summed E-state index contributed by atoms with van der Waals surface area (Å²) in [6, 6.07) is 26.4. The van der Waals surface area contributed by atoms with E-state index in [9.17, 15) is 4.79 Å². The SMILES string of the molecule is CCO[C@@H]1C[C@@H](c2c3ccccc3cc3ccccc23)c2c(c3ccccc3oc2=O)O1. The van der Waals surface area contributed by atoms with Crippen LogP contribution in [0.1, 0.15) is 30.4 Å². The Morgan fingerprint density at radius 3 is 2.16 bits per heavy atom. The van der Waals surface area contributed by atoms with Gasteiger partial charge < -0.3 is 13.9 Å². The zero-order valence-corrected chi connectivity index (χ0v) is 17.7. The first-order valence-corrected chi connectivity index (χ1v) is 11.0. The lowest BCUT2D eigenvalue weighted by Crippen LogP contribution is -2.32. The smallest absolute Gasteiger partial charge is 0.343 e. The minimum atomic E-state index is -0.444. The highest BCUT2D eigenvalue weighted by Crippen LogP contribution is 2.46. The van der Waals surface area contributed by atoms with Crippen molar-refractivity contribution in [3.05, 3.63) is 100 Å². The van der Waals surface area contributed by atoms with Gasteiger partial charge in [0.25, 0.3) is 0 Å². The maximum atomic E-state index is 13.3. The third-order valence-electron chi connectivity index (χ3n) is 6.34. The van der Waals surface area contributed by atoms with Gasteiger partial charge in [0, 0.05) is 18.9 Å². The number of hydrogen-bond acceptors (Lipinski definition) is 4.